The summed E-state index contributed by atoms with van der Waals surface area (Å²) in [7, 11) is 3.20. The molecule has 0 saturated heterocycles. The van der Waals surface area contributed by atoms with Crippen LogP contribution in [0.2, 0.25) is 0 Å². The maximum Gasteiger partial charge on any atom is 0.265 e. The summed E-state index contributed by atoms with van der Waals surface area (Å²) in [4.78, 5) is 7.74. The first-order valence-corrected chi connectivity index (χ1v) is 8.32. The number of ether oxygens (including phenoxy) is 2. The number of anilines is 1. The molecule has 2 N–H and O–H groups in total. The van der Waals surface area contributed by atoms with Crippen LogP contribution in [0.15, 0.2) is 41.5 Å². The Kier molecular flexibility index (Phi) is 4.29. The van der Waals surface area contributed by atoms with E-state index in [9.17, 15) is 0 Å². The molecule has 0 amide bonds. The van der Waals surface area contributed by atoms with Crippen molar-refractivity contribution in [1.82, 2.24) is 20.2 Å². The molecule has 4 aromatic rings. The number of hydrazone groups is 1. The van der Waals surface area contributed by atoms with Gasteiger partial charge in [-0.2, -0.15) is 10.1 Å². The van der Waals surface area contributed by atoms with Crippen molar-refractivity contribution in [3.63, 3.8) is 0 Å². The second-order valence-electron chi connectivity index (χ2n) is 5.93. The van der Waals surface area contributed by atoms with E-state index in [4.69, 9.17) is 9.47 Å². The highest BCUT2D eigenvalue weighted by Gasteiger charge is 2.10. The number of benzene rings is 2. The second kappa shape index (κ2) is 6.91. The highest BCUT2D eigenvalue weighted by Crippen LogP contribution is 2.25. The summed E-state index contributed by atoms with van der Waals surface area (Å²) in [6.07, 6.45) is 1.63. The summed E-state index contributed by atoms with van der Waals surface area (Å²) in [5.74, 6) is 1.67. The molecule has 0 fully saturated rings. The first-order chi connectivity index (χ1) is 13.2. The van der Waals surface area contributed by atoms with Crippen LogP contribution in [0.5, 0.6) is 11.5 Å². The molecular weight excluding hydrogens is 344 g/mol. The molecular formula is C19H18N6O2. The van der Waals surface area contributed by atoms with Crippen LogP contribution >= 0.6 is 0 Å². The largest absolute Gasteiger partial charge is 0.497 e. The molecule has 8 heteroatoms. The molecule has 2 aromatic heterocycles. The molecule has 0 atom stereocenters. The van der Waals surface area contributed by atoms with Crippen molar-refractivity contribution in [3.05, 3.63) is 47.5 Å². The molecule has 0 spiro atoms. The molecule has 27 heavy (non-hydrogen) atoms. The van der Waals surface area contributed by atoms with Gasteiger partial charge in [0.05, 0.1) is 26.0 Å². The summed E-state index contributed by atoms with van der Waals surface area (Å²) in [5.41, 5.74) is 7.13. The van der Waals surface area contributed by atoms with Gasteiger partial charge in [0.25, 0.3) is 5.95 Å². The average Bonchev–Trinajstić information content (AvgIpc) is 3.07. The van der Waals surface area contributed by atoms with E-state index in [1.807, 2.05) is 37.3 Å². The molecule has 0 saturated carbocycles. The topological polar surface area (TPSA) is 97.3 Å². The lowest BCUT2D eigenvalue weighted by molar-refractivity contribution is 0.394. The highest BCUT2D eigenvalue weighted by molar-refractivity contribution is 6.04. The van der Waals surface area contributed by atoms with Crippen LogP contribution in [0, 0.1) is 6.92 Å². The van der Waals surface area contributed by atoms with Gasteiger partial charge in [-0.15, -0.1) is 10.2 Å². The third-order valence-electron chi connectivity index (χ3n) is 4.27. The monoisotopic (exact) mass is 362 g/mol. The molecule has 2 heterocycles. The highest BCUT2D eigenvalue weighted by atomic mass is 16.5. The number of hydrogen-bond acceptors (Lipinski definition) is 7. The second-order valence-corrected chi connectivity index (χ2v) is 5.93. The van der Waals surface area contributed by atoms with Crippen LogP contribution in [0.3, 0.4) is 0 Å². The van der Waals surface area contributed by atoms with Crippen LogP contribution in [0.25, 0.3) is 22.1 Å². The zero-order valence-electron chi connectivity index (χ0n) is 15.1. The van der Waals surface area contributed by atoms with E-state index >= 15 is 0 Å². The number of aromatic amines is 1. The Bertz CT molecular complexity index is 1150. The third kappa shape index (κ3) is 3.12. The average molecular weight is 362 g/mol. The minimum atomic E-state index is 0.301. The Morgan fingerprint density at radius 3 is 2.81 bits per heavy atom. The van der Waals surface area contributed by atoms with Gasteiger partial charge in [0, 0.05) is 17.0 Å². The van der Waals surface area contributed by atoms with E-state index in [2.05, 4.69) is 30.7 Å². The lowest BCUT2D eigenvalue weighted by atomic mass is 10.1. The van der Waals surface area contributed by atoms with Gasteiger partial charge in [-0.3, -0.25) is 0 Å². The molecule has 4 rings (SSSR count). The molecule has 136 valence electrons. The molecule has 0 unspecified atom stereocenters. The lowest BCUT2D eigenvalue weighted by Gasteiger charge is -2.06. The summed E-state index contributed by atoms with van der Waals surface area (Å²) in [5, 5.41) is 13.6. The number of hydrogen-bond donors (Lipinski definition) is 2. The number of fused-ring (bicyclic) bond motifs is 3. The number of nitrogens with zero attached hydrogens (tertiary/aromatic N) is 4. The van der Waals surface area contributed by atoms with Gasteiger partial charge in [-0.25, -0.2) is 5.43 Å². The summed E-state index contributed by atoms with van der Waals surface area (Å²) in [6.45, 7) is 2.04. The van der Waals surface area contributed by atoms with E-state index in [1.54, 1.807) is 26.5 Å². The Hall–Kier alpha value is -3.68. The fraction of sp³-hybridized carbons (Fsp3) is 0.158. The number of aryl methyl sites for hydroxylation is 1. The standard InChI is InChI=1S/C19H18N6O2/c1-11-5-4-6-14-16(11)21-18-17(14)23-25-19(22-18)24-20-10-12-7-8-13(26-2)9-15(12)27-3/h4-10H,1-3H3,(H2,21,22,24,25). The molecule has 0 radical (unpaired) electrons. The molecule has 2 aromatic carbocycles. The lowest BCUT2D eigenvalue weighted by Crippen LogP contribution is -1.99. The van der Waals surface area contributed by atoms with Crippen molar-refractivity contribution in [1.29, 1.82) is 0 Å². The predicted octanol–water partition coefficient (Wildman–Crippen LogP) is 3.28. The predicted molar refractivity (Wildman–Crippen MR) is 105 cm³/mol. The minimum absolute atomic E-state index is 0.301. The molecule has 0 aliphatic carbocycles. The number of rotatable bonds is 5. The first-order valence-electron chi connectivity index (χ1n) is 8.32. The SMILES string of the molecule is COc1ccc(C=NNc2nnc3c(n2)[nH]c2c(C)cccc23)c(OC)c1. The van der Waals surface area contributed by atoms with E-state index in [-0.39, 0.29) is 0 Å². The summed E-state index contributed by atoms with van der Waals surface area (Å²) >= 11 is 0. The molecule has 0 aliphatic rings. The minimum Gasteiger partial charge on any atom is -0.497 e. The molecule has 0 aliphatic heterocycles. The van der Waals surface area contributed by atoms with Gasteiger partial charge in [-0.05, 0) is 24.6 Å². The molecule has 0 bridgehead atoms. The van der Waals surface area contributed by atoms with Crippen LogP contribution in [-0.2, 0) is 0 Å². The van der Waals surface area contributed by atoms with E-state index < -0.39 is 0 Å². The van der Waals surface area contributed by atoms with Crippen LogP contribution in [0.4, 0.5) is 5.95 Å². The van der Waals surface area contributed by atoms with Crippen LogP contribution < -0.4 is 14.9 Å². The fourth-order valence-electron chi connectivity index (χ4n) is 2.88. The number of methoxy groups -OCH3 is 2. The number of aromatic nitrogens is 4. The van der Waals surface area contributed by atoms with Crippen LogP contribution in [-0.4, -0.2) is 40.6 Å². The van der Waals surface area contributed by atoms with Gasteiger partial charge in [0.2, 0.25) is 0 Å². The Labute approximate surface area is 155 Å². The van der Waals surface area contributed by atoms with Crippen molar-refractivity contribution < 1.29 is 9.47 Å². The van der Waals surface area contributed by atoms with E-state index in [0.29, 0.717) is 23.1 Å². The van der Waals surface area contributed by atoms with Crippen molar-refractivity contribution in [2.45, 2.75) is 6.92 Å². The van der Waals surface area contributed by atoms with Crippen molar-refractivity contribution >= 4 is 34.2 Å². The zero-order chi connectivity index (χ0) is 18.8. The van der Waals surface area contributed by atoms with Crippen molar-refractivity contribution in [2.24, 2.45) is 5.10 Å². The maximum atomic E-state index is 5.35. The van der Waals surface area contributed by atoms with Crippen LogP contribution in [0.1, 0.15) is 11.1 Å². The fourth-order valence-corrected chi connectivity index (χ4v) is 2.88. The van der Waals surface area contributed by atoms with Crippen molar-refractivity contribution in [3.8, 4) is 11.5 Å². The van der Waals surface area contributed by atoms with Gasteiger partial charge in [0.1, 0.15) is 17.0 Å². The Morgan fingerprint density at radius 2 is 2.00 bits per heavy atom. The quantitative estimate of drug-likeness (QED) is 0.418. The number of nitrogens with one attached hydrogen (secondary N) is 2. The normalized spacial score (nSPS) is 11.4. The number of H-pyrrole nitrogens is 1. The number of para-hydroxylation sites is 1. The van der Waals surface area contributed by atoms with Gasteiger partial charge in [0.15, 0.2) is 5.65 Å². The Morgan fingerprint density at radius 1 is 1.11 bits per heavy atom. The summed E-state index contributed by atoms with van der Waals surface area (Å²) < 4.78 is 10.5. The van der Waals surface area contributed by atoms with Gasteiger partial charge < -0.3 is 14.5 Å². The van der Waals surface area contributed by atoms with Gasteiger partial charge >= 0.3 is 0 Å². The third-order valence-corrected chi connectivity index (χ3v) is 4.27. The molecule has 8 nitrogen and oxygen atoms in total. The Balaban J connectivity index is 1.60. The van der Waals surface area contributed by atoms with E-state index in [1.165, 1.54) is 0 Å². The van der Waals surface area contributed by atoms with Gasteiger partial charge in [-0.1, -0.05) is 18.2 Å². The first kappa shape index (κ1) is 16.8. The maximum absolute atomic E-state index is 5.35. The van der Waals surface area contributed by atoms with Crippen molar-refractivity contribution in [2.75, 3.05) is 19.6 Å². The summed E-state index contributed by atoms with van der Waals surface area (Å²) in [6, 6.07) is 11.5. The smallest absolute Gasteiger partial charge is 0.265 e. The zero-order valence-corrected chi connectivity index (χ0v) is 15.1. The van der Waals surface area contributed by atoms with E-state index in [0.717, 1.165) is 27.5 Å².